The summed E-state index contributed by atoms with van der Waals surface area (Å²) >= 11 is 3.16. The molecule has 0 spiro atoms. The van der Waals surface area contributed by atoms with Gasteiger partial charge in [0.05, 0.1) is 10.6 Å². The lowest BCUT2D eigenvalue weighted by molar-refractivity contribution is 0.597. The molecule has 5 N–H and O–H groups in total. The Morgan fingerprint density at radius 3 is 2.43 bits per heavy atom. The standard InChI is InChI=1S/C13H13BrFN3O2S/c1-7-12(5-9(16)6-13(7)21(17,19)20)18-11-3-2-8(14)4-10(11)15/h2-6,18H,16H2,1H3,(H2,17,19,20). The van der Waals surface area contributed by atoms with Crippen LogP contribution in [0.25, 0.3) is 0 Å². The zero-order chi connectivity index (χ0) is 15.8. The number of hydrogen-bond donors (Lipinski definition) is 3. The lowest BCUT2D eigenvalue weighted by Gasteiger charge is -2.14. The van der Waals surface area contributed by atoms with Gasteiger partial charge in [-0.05, 0) is 42.8 Å². The van der Waals surface area contributed by atoms with Crippen LogP contribution in [-0.4, -0.2) is 8.42 Å². The summed E-state index contributed by atoms with van der Waals surface area (Å²) in [6.45, 7) is 1.57. The van der Waals surface area contributed by atoms with Gasteiger partial charge in [-0.25, -0.2) is 17.9 Å². The molecule has 0 atom stereocenters. The number of nitrogens with two attached hydrogens (primary N) is 2. The number of nitrogen functional groups attached to an aromatic ring is 1. The van der Waals surface area contributed by atoms with E-state index in [-0.39, 0.29) is 16.3 Å². The fraction of sp³-hybridized carbons (Fsp3) is 0.0769. The molecule has 2 rings (SSSR count). The van der Waals surface area contributed by atoms with Crippen LogP contribution in [0, 0.1) is 12.7 Å². The summed E-state index contributed by atoms with van der Waals surface area (Å²) in [5.41, 5.74) is 6.84. The van der Waals surface area contributed by atoms with E-state index < -0.39 is 15.8 Å². The predicted octanol–water partition coefficient (Wildman–Crippen LogP) is 2.87. The number of sulfonamides is 1. The average Bonchev–Trinajstić information content (AvgIpc) is 2.35. The van der Waals surface area contributed by atoms with Crippen LogP contribution in [0.15, 0.2) is 39.7 Å². The van der Waals surface area contributed by atoms with Gasteiger partial charge in [-0.3, -0.25) is 0 Å². The molecule has 8 heteroatoms. The average molecular weight is 374 g/mol. The van der Waals surface area contributed by atoms with E-state index in [1.807, 2.05) is 0 Å². The van der Waals surface area contributed by atoms with E-state index in [0.29, 0.717) is 15.7 Å². The minimum absolute atomic E-state index is 0.0949. The molecule has 0 fully saturated rings. The Morgan fingerprint density at radius 2 is 1.86 bits per heavy atom. The van der Waals surface area contributed by atoms with E-state index in [1.54, 1.807) is 13.0 Å². The van der Waals surface area contributed by atoms with Crippen molar-refractivity contribution in [1.29, 1.82) is 0 Å². The molecular formula is C13H13BrFN3O2S. The molecule has 0 amide bonds. The van der Waals surface area contributed by atoms with Gasteiger partial charge < -0.3 is 11.1 Å². The summed E-state index contributed by atoms with van der Waals surface area (Å²) in [6, 6.07) is 7.27. The van der Waals surface area contributed by atoms with Gasteiger partial charge in [-0.1, -0.05) is 15.9 Å². The monoisotopic (exact) mass is 373 g/mol. The largest absolute Gasteiger partial charge is 0.399 e. The van der Waals surface area contributed by atoms with E-state index in [4.69, 9.17) is 10.9 Å². The maximum atomic E-state index is 13.8. The normalized spacial score (nSPS) is 11.4. The third kappa shape index (κ3) is 3.52. The third-order valence-electron chi connectivity index (χ3n) is 2.89. The Hall–Kier alpha value is -1.64. The quantitative estimate of drug-likeness (QED) is 0.720. The summed E-state index contributed by atoms with van der Waals surface area (Å²) in [6.07, 6.45) is 0. The van der Waals surface area contributed by atoms with Crippen LogP contribution in [-0.2, 0) is 10.0 Å². The second-order valence-electron chi connectivity index (χ2n) is 4.49. The van der Waals surface area contributed by atoms with E-state index >= 15 is 0 Å². The number of anilines is 3. The highest BCUT2D eigenvalue weighted by Gasteiger charge is 2.16. The highest BCUT2D eigenvalue weighted by atomic mass is 79.9. The first-order chi connectivity index (χ1) is 9.68. The molecule has 112 valence electrons. The van der Waals surface area contributed by atoms with Gasteiger partial charge in [0.2, 0.25) is 10.0 Å². The zero-order valence-corrected chi connectivity index (χ0v) is 13.4. The van der Waals surface area contributed by atoms with Crippen molar-refractivity contribution in [2.24, 2.45) is 5.14 Å². The number of primary sulfonamides is 1. The smallest absolute Gasteiger partial charge is 0.238 e. The number of hydrogen-bond acceptors (Lipinski definition) is 4. The van der Waals surface area contributed by atoms with Crippen LogP contribution in [0.4, 0.5) is 21.5 Å². The summed E-state index contributed by atoms with van der Waals surface area (Å²) < 4.78 is 37.5. The predicted molar refractivity (Wildman–Crippen MR) is 84.3 cm³/mol. The summed E-state index contributed by atoms with van der Waals surface area (Å²) in [4.78, 5) is -0.0949. The maximum Gasteiger partial charge on any atom is 0.238 e. The molecule has 0 saturated carbocycles. The van der Waals surface area contributed by atoms with Gasteiger partial charge in [0.15, 0.2) is 0 Å². The first-order valence-corrected chi connectivity index (χ1v) is 8.17. The molecule has 0 radical (unpaired) electrons. The Kier molecular flexibility index (Phi) is 4.22. The van der Waals surface area contributed by atoms with Crippen LogP contribution in [0.2, 0.25) is 0 Å². The molecule has 0 bridgehead atoms. The fourth-order valence-electron chi connectivity index (χ4n) is 1.87. The second kappa shape index (κ2) is 5.63. The van der Waals surface area contributed by atoms with E-state index in [9.17, 15) is 12.8 Å². The molecule has 0 aliphatic carbocycles. The topological polar surface area (TPSA) is 98.2 Å². The van der Waals surface area contributed by atoms with Gasteiger partial charge in [-0.2, -0.15) is 0 Å². The number of halogens is 2. The van der Waals surface area contributed by atoms with E-state index in [1.165, 1.54) is 24.3 Å². The summed E-state index contributed by atoms with van der Waals surface area (Å²) in [5.74, 6) is -0.483. The van der Waals surface area contributed by atoms with Crippen molar-refractivity contribution in [2.75, 3.05) is 11.1 Å². The van der Waals surface area contributed by atoms with E-state index in [2.05, 4.69) is 21.2 Å². The fourth-order valence-corrected chi connectivity index (χ4v) is 3.04. The first kappa shape index (κ1) is 15.7. The lowest BCUT2D eigenvalue weighted by atomic mass is 10.1. The molecule has 0 saturated heterocycles. The van der Waals surface area contributed by atoms with Gasteiger partial charge in [0, 0.05) is 15.8 Å². The molecule has 0 aliphatic rings. The minimum atomic E-state index is -3.91. The van der Waals surface area contributed by atoms with Gasteiger partial charge in [0.25, 0.3) is 0 Å². The number of nitrogens with one attached hydrogen (secondary N) is 1. The Labute approximate surface area is 130 Å². The molecule has 0 heterocycles. The third-order valence-corrected chi connectivity index (χ3v) is 4.42. The summed E-state index contributed by atoms with van der Waals surface area (Å²) in [7, 11) is -3.91. The molecule has 2 aromatic rings. The van der Waals surface area contributed by atoms with Crippen LogP contribution in [0.5, 0.6) is 0 Å². The number of benzene rings is 2. The lowest BCUT2D eigenvalue weighted by Crippen LogP contribution is -2.15. The van der Waals surface area contributed by atoms with Crippen molar-refractivity contribution in [3.05, 3.63) is 46.2 Å². The van der Waals surface area contributed by atoms with Gasteiger partial charge >= 0.3 is 0 Å². The van der Waals surface area contributed by atoms with Crippen LogP contribution in [0.3, 0.4) is 0 Å². The van der Waals surface area contributed by atoms with Crippen molar-refractivity contribution < 1.29 is 12.8 Å². The van der Waals surface area contributed by atoms with Gasteiger partial charge in [0.1, 0.15) is 5.82 Å². The highest BCUT2D eigenvalue weighted by molar-refractivity contribution is 9.10. The second-order valence-corrected chi connectivity index (χ2v) is 6.93. The van der Waals surface area contributed by atoms with Gasteiger partial charge in [-0.15, -0.1) is 0 Å². The van der Waals surface area contributed by atoms with Crippen molar-refractivity contribution in [3.8, 4) is 0 Å². The molecule has 5 nitrogen and oxygen atoms in total. The minimum Gasteiger partial charge on any atom is -0.399 e. The van der Waals surface area contributed by atoms with Crippen molar-refractivity contribution in [3.63, 3.8) is 0 Å². The molecular weight excluding hydrogens is 361 g/mol. The Morgan fingerprint density at radius 1 is 1.19 bits per heavy atom. The zero-order valence-electron chi connectivity index (χ0n) is 11.0. The van der Waals surface area contributed by atoms with Crippen molar-refractivity contribution >= 4 is 43.0 Å². The number of rotatable bonds is 3. The summed E-state index contributed by atoms with van der Waals surface area (Å²) in [5, 5.41) is 7.97. The van der Waals surface area contributed by atoms with Crippen LogP contribution in [0.1, 0.15) is 5.56 Å². The molecule has 2 aromatic carbocycles. The molecule has 21 heavy (non-hydrogen) atoms. The first-order valence-electron chi connectivity index (χ1n) is 5.83. The van der Waals surface area contributed by atoms with Crippen molar-refractivity contribution in [1.82, 2.24) is 0 Å². The van der Waals surface area contributed by atoms with E-state index in [0.717, 1.165) is 0 Å². The van der Waals surface area contributed by atoms with Crippen LogP contribution >= 0.6 is 15.9 Å². The van der Waals surface area contributed by atoms with Crippen LogP contribution < -0.4 is 16.2 Å². The SMILES string of the molecule is Cc1c(Nc2ccc(Br)cc2F)cc(N)cc1S(N)(=O)=O. The maximum absolute atomic E-state index is 13.8. The molecule has 0 aliphatic heterocycles. The molecule has 0 aromatic heterocycles. The molecule has 0 unspecified atom stereocenters. The Balaban J connectivity index is 2.52. The highest BCUT2D eigenvalue weighted by Crippen LogP contribution is 2.30. The van der Waals surface area contributed by atoms with Crippen molar-refractivity contribution in [2.45, 2.75) is 11.8 Å². The Bertz CT molecular complexity index is 809.